The van der Waals surface area contributed by atoms with E-state index in [-0.39, 0.29) is 6.61 Å². The number of pyridine rings is 1. The summed E-state index contributed by atoms with van der Waals surface area (Å²) in [5.74, 6) is 1.69. The lowest BCUT2D eigenvalue weighted by molar-refractivity contribution is 0.0426. The summed E-state index contributed by atoms with van der Waals surface area (Å²) >= 11 is 0. The zero-order valence-corrected chi connectivity index (χ0v) is 19.7. The summed E-state index contributed by atoms with van der Waals surface area (Å²) in [5, 5.41) is 10.7. The second-order valence-corrected chi connectivity index (χ2v) is 8.94. The molecule has 0 amide bonds. The lowest BCUT2D eigenvalue weighted by Gasteiger charge is -2.30. The summed E-state index contributed by atoms with van der Waals surface area (Å²) in [6, 6.07) is 12.8. The predicted molar refractivity (Wildman–Crippen MR) is 135 cm³/mol. The molecule has 0 saturated carbocycles. The fraction of sp³-hybridized carbons (Fsp3) is 0.310. The Hall–Kier alpha value is -3.37. The van der Waals surface area contributed by atoms with Crippen LogP contribution in [0.2, 0.25) is 0 Å². The first kappa shape index (κ1) is 22.4. The third-order valence-corrected chi connectivity index (χ3v) is 6.50. The normalized spacial score (nSPS) is 19.5. The lowest BCUT2D eigenvalue weighted by Crippen LogP contribution is -2.38. The number of fused-ring (bicyclic) bond motifs is 2. The maximum Gasteiger partial charge on any atom is 0.162 e. The number of ether oxygens (including phenoxy) is 1. The summed E-state index contributed by atoms with van der Waals surface area (Å²) < 4.78 is 8.18. The van der Waals surface area contributed by atoms with Crippen molar-refractivity contribution in [3.63, 3.8) is 0 Å². The molecule has 5 nitrogen and oxygen atoms in total. The van der Waals surface area contributed by atoms with E-state index in [2.05, 4.69) is 75.6 Å². The van der Waals surface area contributed by atoms with E-state index in [1.807, 2.05) is 24.4 Å². The van der Waals surface area contributed by atoms with Crippen molar-refractivity contribution in [3.8, 4) is 0 Å². The molecule has 1 aliphatic carbocycles. The highest BCUT2D eigenvalue weighted by molar-refractivity contribution is 5.70. The predicted octanol–water partition coefficient (Wildman–Crippen LogP) is 4.71. The molecular formula is C29H31N3O2. The number of aliphatic hydroxyl groups is 1. The largest absolute Gasteiger partial charge is 0.483 e. The molecule has 174 valence electrons. The van der Waals surface area contributed by atoms with Gasteiger partial charge in [-0.05, 0) is 53.3 Å². The molecule has 0 fully saturated rings. The number of β-amino-alcohol motifs (C(OH)–C–C–N with tert-alkyl or cyclic N) is 1. The number of aromatic nitrogens is 2. The fourth-order valence-corrected chi connectivity index (χ4v) is 4.68. The Morgan fingerprint density at radius 2 is 2.06 bits per heavy atom. The van der Waals surface area contributed by atoms with Crippen LogP contribution >= 0.6 is 0 Å². The molecule has 3 heterocycles. The number of imidazole rings is 1. The highest BCUT2D eigenvalue weighted by Crippen LogP contribution is 2.24. The quantitative estimate of drug-likeness (QED) is 0.526. The SMILES string of the molecule is CCc1ncc2ccc(/C3=C/C(OCC(O)CN4CCc5ccccc5C4)=C=C/C=C\C3)cn12. The summed E-state index contributed by atoms with van der Waals surface area (Å²) in [6.07, 6.45) is 14.2. The van der Waals surface area contributed by atoms with Crippen LogP contribution in [-0.4, -0.2) is 45.2 Å². The van der Waals surface area contributed by atoms with Crippen molar-refractivity contribution < 1.29 is 9.84 Å². The van der Waals surface area contributed by atoms with Gasteiger partial charge >= 0.3 is 0 Å². The van der Waals surface area contributed by atoms with Gasteiger partial charge in [0.05, 0.1) is 11.7 Å². The van der Waals surface area contributed by atoms with Gasteiger partial charge in [-0.2, -0.15) is 0 Å². The molecule has 5 heteroatoms. The molecule has 5 rings (SSSR count). The van der Waals surface area contributed by atoms with Gasteiger partial charge in [-0.3, -0.25) is 4.90 Å². The average Bonchev–Trinajstić information content (AvgIpc) is 3.26. The van der Waals surface area contributed by atoms with Crippen molar-refractivity contribution in [2.24, 2.45) is 0 Å². The molecule has 0 spiro atoms. The molecule has 1 atom stereocenters. The zero-order chi connectivity index (χ0) is 23.3. The number of hydrogen-bond acceptors (Lipinski definition) is 4. The topological polar surface area (TPSA) is 50.0 Å². The van der Waals surface area contributed by atoms with E-state index >= 15 is 0 Å². The minimum Gasteiger partial charge on any atom is -0.483 e. The molecule has 1 N–H and O–H groups in total. The maximum absolute atomic E-state index is 10.7. The third-order valence-electron chi connectivity index (χ3n) is 6.50. The van der Waals surface area contributed by atoms with Crippen molar-refractivity contribution in [1.29, 1.82) is 0 Å². The number of allylic oxidation sites excluding steroid dienone is 4. The van der Waals surface area contributed by atoms with E-state index in [9.17, 15) is 5.11 Å². The van der Waals surface area contributed by atoms with Gasteiger partial charge in [0.2, 0.25) is 0 Å². The van der Waals surface area contributed by atoms with Crippen molar-refractivity contribution in [2.75, 3.05) is 19.7 Å². The molecule has 0 radical (unpaired) electrons. The van der Waals surface area contributed by atoms with Crippen molar-refractivity contribution in [2.45, 2.75) is 38.8 Å². The molecule has 0 bridgehead atoms. The van der Waals surface area contributed by atoms with Gasteiger partial charge in [0, 0.05) is 32.3 Å². The highest BCUT2D eigenvalue weighted by Gasteiger charge is 2.19. The van der Waals surface area contributed by atoms with E-state index in [1.54, 1.807) is 0 Å². The Bertz CT molecular complexity index is 1290. The summed E-state index contributed by atoms with van der Waals surface area (Å²) in [7, 11) is 0. The Balaban J connectivity index is 1.26. The number of aryl methyl sites for hydroxylation is 1. The van der Waals surface area contributed by atoms with E-state index in [0.717, 1.165) is 54.8 Å². The highest BCUT2D eigenvalue weighted by atomic mass is 16.5. The molecule has 2 aromatic heterocycles. The van der Waals surface area contributed by atoms with E-state index < -0.39 is 6.10 Å². The molecular weight excluding hydrogens is 422 g/mol. The third kappa shape index (κ3) is 5.07. The molecule has 34 heavy (non-hydrogen) atoms. The van der Waals surface area contributed by atoms with E-state index in [1.165, 1.54) is 11.1 Å². The average molecular weight is 454 g/mol. The summed E-state index contributed by atoms with van der Waals surface area (Å²) in [4.78, 5) is 6.81. The lowest BCUT2D eigenvalue weighted by atomic mass is 10.00. The van der Waals surface area contributed by atoms with Crippen LogP contribution < -0.4 is 0 Å². The monoisotopic (exact) mass is 453 g/mol. The number of nitrogens with zero attached hydrogens (tertiary/aromatic N) is 3. The standard InChI is InChI=1S/C29H31N3O2/c1-2-29-30-17-26-13-12-25(19-32(26)29)23-9-4-3-5-11-28(16-23)34-21-27(33)20-31-15-14-22-8-6-7-10-24(22)18-31/h3-8,10,12-13,16-17,19,27,33H,2,9,14-15,18,20-21H2,1H3/b4-3-,23-16+. The van der Waals surface area contributed by atoms with Gasteiger partial charge < -0.3 is 14.2 Å². The van der Waals surface area contributed by atoms with Crippen LogP contribution in [0.25, 0.3) is 11.1 Å². The molecule has 0 saturated heterocycles. The van der Waals surface area contributed by atoms with Crippen molar-refractivity contribution in [3.05, 3.63) is 107 Å². The Morgan fingerprint density at radius 3 is 2.94 bits per heavy atom. The summed E-state index contributed by atoms with van der Waals surface area (Å²) in [6.45, 7) is 4.79. The molecule has 3 aromatic rings. The first-order valence-corrected chi connectivity index (χ1v) is 12.1. The minimum atomic E-state index is -0.563. The number of rotatable bonds is 7. The minimum absolute atomic E-state index is 0.238. The van der Waals surface area contributed by atoms with Crippen molar-refractivity contribution >= 4 is 11.1 Å². The Morgan fingerprint density at radius 1 is 1.18 bits per heavy atom. The first-order chi connectivity index (χ1) is 16.7. The van der Waals surface area contributed by atoms with Gasteiger partial charge in [-0.15, -0.1) is 0 Å². The first-order valence-electron chi connectivity index (χ1n) is 12.1. The number of aliphatic hydroxyl groups excluding tert-OH is 1. The molecule has 1 aromatic carbocycles. The van der Waals surface area contributed by atoms with Gasteiger partial charge in [0.25, 0.3) is 0 Å². The van der Waals surface area contributed by atoms with Crippen LogP contribution in [0, 0.1) is 0 Å². The number of hydrogen-bond donors (Lipinski definition) is 1. The van der Waals surface area contributed by atoms with Gasteiger partial charge in [-0.25, -0.2) is 4.98 Å². The second kappa shape index (κ2) is 10.3. The molecule has 2 aliphatic rings. The maximum atomic E-state index is 10.7. The Kier molecular flexibility index (Phi) is 6.77. The van der Waals surface area contributed by atoms with Gasteiger partial charge in [-0.1, -0.05) is 55.1 Å². The Labute approximate surface area is 201 Å². The summed E-state index contributed by atoms with van der Waals surface area (Å²) in [5.41, 5.74) is 9.35. The van der Waals surface area contributed by atoms with Crippen LogP contribution in [0.5, 0.6) is 0 Å². The molecule has 1 unspecified atom stereocenters. The van der Waals surface area contributed by atoms with Gasteiger partial charge in [0.15, 0.2) is 5.76 Å². The van der Waals surface area contributed by atoms with Crippen LogP contribution in [0.3, 0.4) is 0 Å². The van der Waals surface area contributed by atoms with E-state index in [4.69, 9.17) is 4.74 Å². The van der Waals surface area contributed by atoms with Gasteiger partial charge in [0.1, 0.15) is 18.5 Å². The second-order valence-electron chi connectivity index (χ2n) is 8.94. The van der Waals surface area contributed by atoms with Crippen LogP contribution in [0.4, 0.5) is 0 Å². The van der Waals surface area contributed by atoms with Crippen LogP contribution in [0.1, 0.15) is 35.9 Å². The van der Waals surface area contributed by atoms with Crippen LogP contribution in [0.15, 0.2) is 84.6 Å². The van der Waals surface area contributed by atoms with Crippen molar-refractivity contribution in [1.82, 2.24) is 14.3 Å². The van der Waals surface area contributed by atoms with E-state index in [0.29, 0.717) is 12.3 Å². The number of benzene rings is 1. The fourth-order valence-electron chi connectivity index (χ4n) is 4.68. The van der Waals surface area contributed by atoms with Crippen LogP contribution in [-0.2, 0) is 24.1 Å². The zero-order valence-electron chi connectivity index (χ0n) is 19.7. The molecule has 1 aliphatic heterocycles. The smallest absolute Gasteiger partial charge is 0.162 e.